The van der Waals surface area contributed by atoms with E-state index in [0.717, 1.165) is 0 Å². The Morgan fingerprint density at radius 2 is 1.11 bits per heavy atom. The molecule has 0 unspecified atom stereocenters. The van der Waals surface area contributed by atoms with Crippen LogP contribution in [-0.2, 0) is 8.85 Å². The van der Waals surface area contributed by atoms with Crippen LogP contribution in [0.3, 0.4) is 0 Å². The second kappa shape index (κ2) is 6.15. The molecule has 0 radical (unpaired) electrons. The lowest BCUT2D eigenvalue weighted by atomic mass is 10.0. The number of benzene rings is 2. The quantitative estimate of drug-likeness (QED) is 0.772. The molecule has 0 atom stereocenters. The van der Waals surface area contributed by atoms with Crippen LogP contribution < -0.4 is 0 Å². The molecule has 0 saturated heterocycles. The van der Waals surface area contributed by atoms with Gasteiger partial charge >= 0.3 is 8.56 Å². The van der Waals surface area contributed by atoms with E-state index in [9.17, 15) is 0 Å². The Bertz CT molecular complexity index is 455. The first-order valence-electron chi connectivity index (χ1n) is 6.41. The minimum absolute atomic E-state index is 0.171. The minimum Gasteiger partial charge on any atom is -0.397 e. The lowest BCUT2D eigenvalue weighted by molar-refractivity contribution is 0.242. The van der Waals surface area contributed by atoms with Gasteiger partial charge in [-0.3, -0.25) is 0 Å². The molecule has 0 aliphatic heterocycles. The predicted molar refractivity (Wildman–Crippen MR) is 80.4 cm³/mol. The maximum atomic E-state index is 5.77. The number of hydrogen-bond acceptors (Lipinski definition) is 2. The van der Waals surface area contributed by atoms with Crippen LogP contribution in [0.1, 0.15) is 16.7 Å². The van der Waals surface area contributed by atoms with E-state index in [0.29, 0.717) is 0 Å². The van der Waals surface area contributed by atoms with E-state index >= 15 is 0 Å². The Hall–Kier alpha value is -1.42. The second-order valence-corrected chi connectivity index (χ2v) is 8.10. The fourth-order valence-electron chi connectivity index (χ4n) is 2.41. The summed E-state index contributed by atoms with van der Waals surface area (Å²) in [5.74, 6) is 0. The Labute approximate surface area is 116 Å². The summed E-state index contributed by atoms with van der Waals surface area (Å²) < 4.78 is 11.5. The SMILES string of the molecule is CO[Si](C)(OC)C(c1ccccc1)c1ccccc1. The van der Waals surface area contributed by atoms with Gasteiger partial charge in [0.15, 0.2) is 0 Å². The van der Waals surface area contributed by atoms with Crippen LogP contribution in [0.25, 0.3) is 0 Å². The summed E-state index contributed by atoms with van der Waals surface area (Å²) in [6.45, 7) is 2.11. The monoisotopic (exact) mass is 272 g/mol. The smallest absolute Gasteiger partial charge is 0.346 e. The summed E-state index contributed by atoms with van der Waals surface area (Å²) in [5, 5.41) is 0. The van der Waals surface area contributed by atoms with Gasteiger partial charge in [0.2, 0.25) is 0 Å². The maximum absolute atomic E-state index is 5.77. The van der Waals surface area contributed by atoms with E-state index in [1.165, 1.54) is 11.1 Å². The van der Waals surface area contributed by atoms with Crippen LogP contribution in [0.4, 0.5) is 0 Å². The van der Waals surface area contributed by atoms with Gasteiger partial charge in [-0.25, -0.2) is 0 Å². The van der Waals surface area contributed by atoms with Crippen LogP contribution in [-0.4, -0.2) is 22.8 Å². The highest BCUT2D eigenvalue weighted by molar-refractivity contribution is 6.68. The van der Waals surface area contributed by atoms with Gasteiger partial charge < -0.3 is 8.85 Å². The van der Waals surface area contributed by atoms with E-state index < -0.39 is 8.56 Å². The highest BCUT2D eigenvalue weighted by Gasteiger charge is 2.41. The summed E-state index contributed by atoms with van der Waals surface area (Å²) in [5.41, 5.74) is 2.66. The van der Waals surface area contributed by atoms with Gasteiger partial charge in [-0.2, -0.15) is 0 Å². The second-order valence-electron chi connectivity index (χ2n) is 4.68. The first-order chi connectivity index (χ1) is 9.21. The van der Waals surface area contributed by atoms with Gasteiger partial charge in [0.25, 0.3) is 0 Å². The van der Waals surface area contributed by atoms with Crippen LogP contribution in [0.2, 0.25) is 6.55 Å². The molecule has 3 heteroatoms. The van der Waals surface area contributed by atoms with Crippen molar-refractivity contribution in [1.82, 2.24) is 0 Å². The molecule has 0 bridgehead atoms. The average molecular weight is 272 g/mol. The average Bonchev–Trinajstić information content (AvgIpc) is 2.49. The molecule has 2 rings (SSSR count). The van der Waals surface area contributed by atoms with Crippen molar-refractivity contribution in [2.45, 2.75) is 12.1 Å². The third-order valence-electron chi connectivity index (χ3n) is 3.60. The molecule has 19 heavy (non-hydrogen) atoms. The van der Waals surface area contributed by atoms with Crippen LogP contribution in [0, 0.1) is 0 Å². The standard InChI is InChI=1S/C16H20O2Si/c1-17-19(3,18-2)16(14-10-6-4-7-11-14)15-12-8-5-9-13-15/h4-13,16H,1-3H3. The molecule has 2 aromatic carbocycles. The van der Waals surface area contributed by atoms with Gasteiger partial charge in [-0.05, 0) is 17.7 Å². The first kappa shape index (κ1) is 14.0. The molecule has 0 aliphatic rings. The highest BCUT2D eigenvalue weighted by atomic mass is 28.4. The third kappa shape index (κ3) is 2.95. The van der Waals surface area contributed by atoms with Crippen molar-refractivity contribution >= 4 is 8.56 Å². The lowest BCUT2D eigenvalue weighted by Gasteiger charge is -2.32. The predicted octanol–water partition coefficient (Wildman–Crippen LogP) is 3.72. The van der Waals surface area contributed by atoms with Crippen molar-refractivity contribution in [3.8, 4) is 0 Å². The van der Waals surface area contributed by atoms with Gasteiger partial charge in [0.05, 0.1) is 5.54 Å². The lowest BCUT2D eigenvalue weighted by Crippen LogP contribution is -2.44. The summed E-state index contributed by atoms with van der Waals surface area (Å²) in [7, 11) is 1.18. The first-order valence-corrected chi connectivity index (χ1v) is 8.81. The zero-order valence-electron chi connectivity index (χ0n) is 11.7. The maximum Gasteiger partial charge on any atom is 0.346 e. The van der Waals surface area contributed by atoms with E-state index in [1.807, 2.05) is 12.1 Å². The van der Waals surface area contributed by atoms with Gasteiger partial charge in [0.1, 0.15) is 0 Å². The Kier molecular flexibility index (Phi) is 4.53. The Balaban J connectivity index is 2.52. The van der Waals surface area contributed by atoms with Crippen molar-refractivity contribution in [2.75, 3.05) is 14.2 Å². The Morgan fingerprint density at radius 3 is 1.42 bits per heavy atom. The molecule has 2 nitrogen and oxygen atoms in total. The summed E-state index contributed by atoms with van der Waals surface area (Å²) in [6, 6.07) is 20.9. The summed E-state index contributed by atoms with van der Waals surface area (Å²) in [4.78, 5) is 0. The van der Waals surface area contributed by atoms with E-state index in [1.54, 1.807) is 14.2 Å². The fraction of sp³-hybridized carbons (Fsp3) is 0.250. The molecule has 0 N–H and O–H groups in total. The molecule has 0 aromatic heterocycles. The van der Waals surface area contributed by atoms with Gasteiger partial charge in [-0.1, -0.05) is 60.7 Å². The molecular formula is C16H20O2Si. The molecule has 100 valence electrons. The van der Waals surface area contributed by atoms with E-state index in [4.69, 9.17) is 8.85 Å². The molecule has 0 amide bonds. The fourth-order valence-corrected chi connectivity index (χ4v) is 4.64. The van der Waals surface area contributed by atoms with Gasteiger partial charge in [0, 0.05) is 14.2 Å². The van der Waals surface area contributed by atoms with Gasteiger partial charge in [-0.15, -0.1) is 0 Å². The van der Waals surface area contributed by atoms with Crippen molar-refractivity contribution in [2.24, 2.45) is 0 Å². The van der Waals surface area contributed by atoms with Crippen molar-refractivity contribution < 1.29 is 8.85 Å². The van der Waals surface area contributed by atoms with E-state index in [2.05, 4.69) is 55.1 Å². The highest BCUT2D eigenvalue weighted by Crippen LogP contribution is 2.34. The minimum atomic E-state index is -2.31. The number of rotatable bonds is 5. The normalized spacial score (nSPS) is 11.8. The zero-order chi connectivity index (χ0) is 13.7. The topological polar surface area (TPSA) is 18.5 Å². The summed E-state index contributed by atoms with van der Waals surface area (Å²) in [6.07, 6.45) is 0. The summed E-state index contributed by atoms with van der Waals surface area (Å²) >= 11 is 0. The Morgan fingerprint density at radius 1 is 0.737 bits per heavy atom. The molecule has 0 heterocycles. The van der Waals surface area contributed by atoms with Crippen molar-refractivity contribution in [3.63, 3.8) is 0 Å². The van der Waals surface area contributed by atoms with Crippen molar-refractivity contribution in [1.29, 1.82) is 0 Å². The van der Waals surface area contributed by atoms with Crippen molar-refractivity contribution in [3.05, 3.63) is 71.8 Å². The van der Waals surface area contributed by atoms with E-state index in [-0.39, 0.29) is 5.54 Å². The molecule has 0 spiro atoms. The molecular weight excluding hydrogens is 252 g/mol. The zero-order valence-corrected chi connectivity index (χ0v) is 12.7. The van der Waals surface area contributed by atoms with Crippen LogP contribution >= 0.6 is 0 Å². The largest absolute Gasteiger partial charge is 0.397 e. The molecule has 0 aliphatic carbocycles. The third-order valence-corrected chi connectivity index (χ3v) is 6.94. The number of hydrogen-bond donors (Lipinski definition) is 0. The molecule has 0 fully saturated rings. The van der Waals surface area contributed by atoms with Crippen LogP contribution in [0.15, 0.2) is 60.7 Å². The molecule has 0 saturated carbocycles. The van der Waals surface area contributed by atoms with Crippen LogP contribution in [0.5, 0.6) is 0 Å². The molecule has 2 aromatic rings.